The summed E-state index contributed by atoms with van der Waals surface area (Å²) < 4.78 is 13.6. The number of anilines is 1. The summed E-state index contributed by atoms with van der Waals surface area (Å²) in [7, 11) is 2.01. The molecular weight excluding hydrogens is 229 g/mol. The number of hydrogen-bond donors (Lipinski definition) is 1. The molecule has 0 unspecified atom stereocenters. The van der Waals surface area contributed by atoms with E-state index >= 15 is 0 Å². The van der Waals surface area contributed by atoms with Gasteiger partial charge in [0.2, 0.25) is 0 Å². The van der Waals surface area contributed by atoms with Gasteiger partial charge in [0.05, 0.1) is 6.10 Å². The van der Waals surface area contributed by atoms with Gasteiger partial charge in [-0.1, -0.05) is 13.8 Å². The third-order valence-corrected chi connectivity index (χ3v) is 3.63. The van der Waals surface area contributed by atoms with Gasteiger partial charge in [-0.05, 0) is 44.4 Å². The summed E-state index contributed by atoms with van der Waals surface area (Å²) in [4.78, 5) is 2.15. The van der Waals surface area contributed by atoms with E-state index in [1.54, 1.807) is 13.8 Å². The molecule has 0 radical (unpaired) electrons. The van der Waals surface area contributed by atoms with E-state index in [2.05, 4.69) is 18.7 Å². The summed E-state index contributed by atoms with van der Waals surface area (Å²) in [6.07, 6.45) is 1.40. The standard InChI is InChI=1S/C15H24FNO/c1-6-12(7-2)17(5)15-8-10(3)14(16)9-13(15)11(4)18/h8-9,11-12,18H,6-7H2,1-5H3/t11-/m0/s1. The fraction of sp³-hybridized carbons (Fsp3) is 0.600. The molecule has 1 aromatic carbocycles. The Kier molecular flexibility index (Phi) is 5.15. The average Bonchev–Trinajstić information content (AvgIpc) is 2.33. The van der Waals surface area contributed by atoms with Crippen LogP contribution >= 0.6 is 0 Å². The van der Waals surface area contributed by atoms with Gasteiger partial charge in [-0.15, -0.1) is 0 Å². The molecule has 0 saturated heterocycles. The van der Waals surface area contributed by atoms with Crippen LogP contribution in [0.5, 0.6) is 0 Å². The first-order valence-corrected chi connectivity index (χ1v) is 6.63. The van der Waals surface area contributed by atoms with Crippen LogP contribution < -0.4 is 4.90 Å². The lowest BCUT2D eigenvalue weighted by molar-refractivity contribution is 0.199. The molecule has 0 heterocycles. The molecule has 1 N–H and O–H groups in total. The minimum Gasteiger partial charge on any atom is -0.389 e. The van der Waals surface area contributed by atoms with Crippen LogP contribution in [0.4, 0.5) is 10.1 Å². The summed E-state index contributed by atoms with van der Waals surface area (Å²) in [5.41, 5.74) is 2.21. The van der Waals surface area contributed by atoms with Crippen LogP contribution in [0.3, 0.4) is 0 Å². The lowest BCUT2D eigenvalue weighted by atomic mass is 10.0. The summed E-state index contributed by atoms with van der Waals surface area (Å²) in [5.74, 6) is -0.257. The van der Waals surface area contributed by atoms with Crippen molar-refractivity contribution < 1.29 is 9.50 Å². The number of nitrogens with zero attached hydrogens (tertiary/aromatic N) is 1. The van der Waals surface area contributed by atoms with Crippen LogP contribution in [0.2, 0.25) is 0 Å². The summed E-state index contributed by atoms with van der Waals surface area (Å²) in [5, 5.41) is 9.80. The van der Waals surface area contributed by atoms with Crippen LogP contribution in [0.15, 0.2) is 12.1 Å². The first-order valence-electron chi connectivity index (χ1n) is 6.63. The van der Waals surface area contributed by atoms with E-state index in [0.29, 0.717) is 17.2 Å². The van der Waals surface area contributed by atoms with Gasteiger partial charge in [0, 0.05) is 24.3 Å². The van der Waals surface area contributed by atoms with Crippen molar-refractivity contribution in [3.63, 3.8) is 0 Å². The fourth-order valence-corrected chi connectivity index (χ4v) is 2.35. The monoisotopic (exact) mass is 253 g/mol. The molecule has 18 heavy (non-hydrogen) atoms. The zero-order valence-corrected chi connectivity index (χ0v) is 12.0. The summed E-state index contributed by atoms with van der Waals surface area (Å²) in [6, 6.07) is 3.69. The maximum Gasteiger partial charge on any atom is 0.126 e. The maximum absolute atomic E-state index is 13.6. The Labute approximate surface area is 109 Å². The maximum atomic E-state index is 13.6. The van der Waals surface area contributed by atoms with Crippen molar-refractivity contribution in [3.05, 3.63) is 29.1 Å². The smallest absolute Gasteiger partial charge is 0.126 e. The van der Waals surface area contributed by atoms with Crippen LogP contribution in [0, 0.1) is 12.7 Å². The molecule has 3 heteroatoms. The predicted molar refractivity (Wildman–Crippen MR) is 74.5 cm³/mol. The van der Waals surface area contributed by atoms with Gasteiger partial charge < -0.3 is 10.0 Å². The Morgan fingerprint density at radius 3 is 2.28 bits per heavy atom. The molecule has 0 aliphatic heterocycles. The molecule has 0 amide bonds. The third-order valence-electron chi connectivity index (χ3n) is 3.63. The minimum absolute atomic E-state index is 0.257. The Morgan fingerprint density at radius 2 is 1.83 bits per heavy atom. The topological polar surface area (TPSA) is 23.5 Å². The van der Waals surface area contributed by atoms with Crippen molar-refractivity contribution in [2.45, 2.75) is 52.7 Å². The fourth-order valence-electron chi connectivity index (χ4n) is 2.35. The number of benzene rings is 1. The van der Waals surface area contributed by atoms with E-state index in [9.17, 15) is 9.50 Å². The number of aryl methyl sites for hydroxylation is 1. The second kappa shape index (κ2) is 6.19. The highest BCUT2D eigenvalue weighted by Gasteiger charge is 2.18. The van der Waals surface area contributed by atoms with Crippen LogP contribution in [0.1, 0.15) is 50.8 Å². The number of halogens is 1. The molecule has 0 aliphatic rings. The first kappa shape index (κ1) is 15.0. The molecule has 0 bridgehead atoms. The van der Waals surface area contributed by atoms with Crippen LogP contribution in [-0.2, 0) is 0 Å². The van der Waals surface area contributed by atoms with Crippen LogP contribution in [0.25, 0.3) is 0 Å². The number of hydrogen-bond acceptors (Lipinski definition) is 2. The molecular formula is C15H24FNO. The molecule has 1 aromatic rings. The number of aliphatic hydroxyl groups is 1. The van der Waals surface area contributed by atoms with Gasteiger partial charge in [-0.25, -0.2) is 4.39 Å². The first-order chi connectivity index (χ1) is 8.42. The zero-order chi connectivity index (χ0) is 13.9. The van der Waals surface area contributed by atoms with Gasteiger partial charge in [0.25, 0.3) is 0 Å². The third kappa shape index (κ3) is 3.02. The van der Waals surface area contributed by atoms with E-state index in [0.717, 1.165) is 18.5 Å². The highest BCUT2D eigenvalue weighted by atomic mass is 19.1. The van der Waals surface area contributed by atoms with Crippen molar-refractivity contribution in [1.82, 2.24) is 0 Å². The van der Waals surface area contributed by atoms with Crippen molar-refractivity contribution >= 4 is 5.69 Å². The van der Waals surface area contributed by atoms with Gasteiger partial charge in [0.1, 0.15) is 5.82 Å². The SMILES string of the molecule is CCC(CC)N(C)c1cc(C)c(F)cc1[C@H](C)O. The minimum atomic E-state index is -0.660. The summed E-state index contributed by atoms with van der Waals surface area (Å²) in [6.45, 7) is 7.71. The highest BCUT2D eigenvalue weighted by Crippen LogP contribution is 2.30. The van der Waals surface area contributed by atoms with Crippen molar-refractivity contribution in [3.8, 4) is 0 Å². The van der Waals surface area contributed by atoms with E-state index < -0.39 is 6.10 Å². The lowest BCUT2D eigenvalue weighted by Crippen LogP contribution is -2.31. The predicted octanol–water partition coefficient (Wildman–Crippen LogP) is 3.81. The largest absolute Gasteiger partial charge is 0.389 e. The van der Waals surface area contributed by atoms with E-state index in [4.69, 9.17) is 0 Å². The van der Waals surface area contributed by atoms with Crippen molar-refractivity contribution in [2.24, 2.45) is 0 Å². The van der Waals surface area contributed by atoms with E-state index in [1.165, 1.54) is 6.07 Å². The van der Waals surface area contributed by atoms with Gasteiger partial charge in [-0.3, -0.25) is 0 Å². The second-order valence-electron chi connectivity index (χ2n) is 4.92. The quantitative estimate of drug-likeness (QED) is 0.862. The van der Waals surface area contributed by atoms with E-state index in [1.807, 2.05) is 13.1 Å². The lowest BCUT2D eigenvalue weighted by Gasteiger charge is -2.31. The Hall–Kier alpha value is -1.09. The second-order valence-corrected chi connectivity index (χ2v) is 4.92. The highest BCUT2D eigenvalue weighted by molar-refractivity contribution is 5.57. The van der Waals surface area contributed by atoms with Crippen LogP contribution in [-0.4, -0.2) is 18.2 Å². The Morgan fingerprint density at radius 1 is 1.28 bits per heavy atom. The molecule has 0 aliphatic carbocycles. The molecule has 1 atom stereocenters. The number of rotatable bonds is 5. The Balaban J connectivity index is 3.25. The summed E-state index contributed by atoms with van der Waals surface area (Å²) >= 11 is 0. The number of aliphatic hydroxyl groups excluding tert-OH is 1. The van der Waals surface area contributed by atoms with Gasteiger partial charge in [0.15, 0.2) is 0 Å². The molecule has 102 valence electrons. The molecule has 0 fully saturated rings. The Bertz CT molecular complexity index is 400. The molecule has 0 spiro atoms. The van der Waals surface area contributed by atoms with Crippen molar-refractivity contribution in [2.75, 3.05) is 11.9 Å². The normalized spacial score (nSPS) is 12.9. The van der Waals surface area contributed by atoms with Crippen molar-refractivity contribution in [1.29, 1.82) is 0 Å². The van der Waals surface area contributed by atoms with Gasteiger partial charge >= 0.3 is 0 Å². The molecule has 1 rings (SSSR count). The van der Waals surface area contributed by atoms with E-state index in [-0.39, 0.29) is 5.82 Å². The van der Waals surface area contributed by atoms with Gasteiger partial charge in [-0.2, -0.15) is 0 Å². The zero-order valence-electron chi connectivity index (χ0n) is 12.0. The molecule has 0 aromatic heterocycles. The molecule has 0 saturated carbocycles. The average molecular weight is 253 g/mol. The molecule has 2 nitrogen and oxygen atoms in total.